The third-order valence-corrected chi connectivity index (χ3v) is 4.08. The van der Waals surface area contributed by atoms with Crippen LogP contribution in [0.5, 0.6) is 0 Å². The molecule has 2 aromatic rings. The predicted molar refractivity (Wildman–Crippen MR) is 102 cm³/mol. The molecule has 0 radical (unpaired) electrons. The molecule has 1 atom stereocenters. The lowest BCUT2D eigenvalue weighted by Crippen LogP contribution is -2.44. The van der Waals surface area contributed by atoms with Gasteiger partial charge in [0.15, 0.2) is 6.61 Å². The molecule has 0 fully saturated rings. The lowest BCUT2D eigenvalue weighted by atomic mass is 10.1. The number of nitro groups is 1. The van der Waals surface area contributed by atoms with Gasteiger partial charge in [-0.05, 0) is 18.6 Å². The van der Waals surface area contributed by atoms with Crippen LogP contribution in [-0.4, -0.2) is 42.5 Å². The first-order valence-corrected chi connectivity index (χ1v) is 8.65. The highest BCUT2D eigenvalue weighted by atomic mass is 16.6. The van der Waals surface area contributed by atoms with Crippen LogP contribution in [0.3, 0.4) is 0 Å². The van der Waals surface area contributed by atoms with Crippen LogP contribution in [0.15, 0.2) is 48.5 Å². The summed E-state index contributed by atoms with van der Waals surface area (Å²) < 4.78 is 9.59. The number of esters is 2. The zero-order valence-corrected chi connectivity index (χ0v) is 15.9. The minimum Gasteiger partial charge on any atom is -0.467 e. The van der Waals surface area contributed by atoms with Gasteiger partial charge in [-0.15, -0.1) is 0 Å². The van der Waals surface area contributed by atoms with Crippen molar-refractivity contribution in [3.8, 4) is 0 Å². The normalized spacial score (nSPS) is 11.2. The fraction of sp³-hybridized carbons (Fsp3) is 0.250. The van der Waals surface area contributed by atoms with E-state index < -0.39 is 35.4 Å². The van der Waals surface area contributed by atoms with E-state index >= 15 is 0 Å². The number of nitrogens with one attached hydrogen (secondary N) is 1. The second kappa shape index (κ2) is 9.98. The number of nitro benzene ring substituents is 1. The van der Waals surface area contributed by atoms with Crippen molar-refractivity contribution in [1.82, 2.24) is 5.32 Å². The molecule has 0 saturated carbocycles. The van der Waals surface area contributed by atoms with Crippen molar-refractivity contribution in [3.63, 3.8) is 0 Å². The smallest absolute Gasteiger partial charge is 0.345 e. The van der Waals surface area contributed by atoms with Crippen LogP contribution in [0.25, 0.3) is 0 Å². The standard InChI is InChI=1S/C20H20N2O7/c1-13-7-6-10-15(18(13)22(26)27)19(24)29-12-17(23)21-16(20(25)28-2)11-14-8-4-3-5-9-14/h3-10,16H,11-12H2,1-2H3,(H,21,23). The predicted octanol–water partition coefficient (Wildman–Crippen LogP) is 1.96. The second-order valence-corrected chi connectivity index (χ2v) is 6.14. The van der Waals surface area contributed by atoms with Crippen LogP contribution in [0, 0.1) is 17.0 Å². The lowest BCUT2D eigenvalue weighted by Gasteiger charge is -2.16. The summed E-state index contributed by atoms with van der Waals surface area (Å²) in [5.41, 5.74) is 0.462. The van der Waals surface area contributed by atoms with Crippen molar-refractivity contribution in [2.24, 2.45) is 0 Å². The van der Waals surface area contributed by atoms with Gasteiger partial charge in [-0.1, -0.05) is 42.5 Å². The average molecular weight is 400 g/mol. The number of hydrogen-bond acceptors (Lipinski definition) is 7. The quantitative estimate of drug-likeness (QED) is 0.408. The molecule has 152 valence electrons. The summed E-state index contributed by atoms with van der Waals surface area (Å²) in [5.74, 6) is -2.39. The van der Waals surface area contributed by atoms with Crippen LogP contribution in [0.1, 0.15) is 21.5 Å². The number of para-hydroxylation sites is 1. The Morgan fingerprint density at radius 3 is 2.41 bits per heavy atom. The Labute approximate surface area is 166 Å². The molecule has 0 saturated heterocycles. The summed E-state index contributed by atoms with van der Waals surface area (Å²) in [6.07, 6.45) is 0.191. The van der Waals surface area contributed by atoms with Gasteiger partial charge < -0.3 is 14.8 Å². The van der Waals surface area contributed by atoms with Crippen molar-refractivity contribution >= 4 is 23.5 Å². The SMILES string of the molecule is COC(=O)C(Cc1ccccc1)NC(=O)COC(=O)c1cccc(C)c1[N+](=O)[O-]. The Morgan fingerprint density at radius 2 is 1.79 bits per heavy atom. The number of methoxy groups -OCH3 is 1. The van der Waals surface area contributed by atoms with Crippen LogP contribution < -0.4 is 5.32 Å². The number of ether oxygens (including phenoxy) is 2. The largest absolute Gasteiger partial charge is 0.467 e. The highest BCUT2D eigenvalue weighted by molar-refractivity contribution is 5.96. The minimum atomic E-state index is -1.01. The molecule has 0 heterocycles. The molecule has 2 aromatic carbocycles. The highest BCUT2D eigenvalue weighted by Crippen LogP contribution is 2.23. The number of nitrogens with zero attached hydrogens (tertiary/aromatic N) is 1. The topological polar surface area (TPSA) is 125 Å². The lowest BCUT2D eigenvalue weighted by molar-refractivity contribution is -0.385. The molecule has 0 aliphatic carbocycles. The van der Waals surface area contributed by atoms with Gasteiger partial charge in [0.25, 0.3) is 11.6 Å². The molecule has 1 N–H and O–H groups in total. The third kappa shape index (κ3) is 5.86. The van der Waals surface area contributed by atoms with Crippen molar-refractivity contribution in [1.29, 1.82) is 0 Å². The minimum absolute atomic E-state index is 0.191. The fourth-order valence-electron chi connectivity index (χ4n) is 2.70. The van der Waals surface area contributed by atoms with Crippen molar-refractivity contribution < 1.29 is 28.8 Å². The van der Waals surface area contributed by atoms with E-state index in [-0.39, 0.29) is 17.7 Å². The van der Waals surface area contributed by atoms with Gasteiger partial charge in [-0.2, -0.15) is 0 Å². The number of benzene rings is 2. The van der Waals surface area contributed by atoms with Gasteiger partial charge in [-0.25, -0.2) is 9.59 Å². The van der Waals surface area contributed by atoms with E-state index in [1.807, 2.05) is 6.07 Å². The zero-order chi connectivity index (χ0) is 21.4. The van der Waals surface area contributed by atoms with Gasteiger partial charge in [0.1, 0.15) is 11.6 Å². The van der Waals surface area contributed by atoms with Gasteiger partial charge in [0.05, 0.1) is 12.0 Å². The molecule has 0 spiro atoms. The molecule has 0 aliphatic heterocycles. The maximum Gasteiger partial charge on any atom is 0.345 e. The second-order valence-electron chi connectivity index (χ2n) is 6.14. The van der Waals surface area contributed by atoms with E-state index in [2.05, 4.69) is 5.32 Å². The molecule has 9 heteroatoms. The van der Waals surface area contributed by atoms with Crippen LogP contribution >= 0.6 is 0 Å². The van der Waals surface area contributed by atoms with Crippen LogP contribution in [-0.2, 0) is 25.5 Å². The molecule has 1 unspecified atom stereocenters. The molecular weight excluding hydrogens is 380 g/mol. The highest BCUT2D eigenvalue weighted by Gasteiger charge is 2.26. The third-order valence-electron chi connectivity index (χ3n) is 4.08. The van der Waals surface area contributed by atoms with Crippen LogP contribution in [0.4, 0.5) is 5.69 Å². The van der Waals surface area contributed by atoms with E-state index in [9.17, 15) is 24.5 Å². The summed E-state index contributed by atoms with van der Waals surface area (Å²) in [5, 5.41) is 13.6. The van der Waals surface area contributed by atoms with Gasteiger partial charge >= 0.3 is 11.9 Å². The average Bonchev–Trinajstić information content (AvgIpc) is 2.71. The molecule has 9 nitrogen and oxygen atoms in total. The Kier molecular flexibility index (Phi) is 7.41. The summed E-state index contributed by atoms with van der Waals surface area (Å²) >= 11 is 0. The number of carbonyl (C=O) groups is 3. The molecule has 0 aliphatic rings. The fourth-order valence-corrected chi connectivity index (χ4v) is 2.70. The van der Waals surface area contributed by atoms with Crippen molar-refractivity contribution in [3.05, 3.63) is 75.3 Å². The van der Waals surface area contributed by atoms with E-state index in [1.165, 1.54) is 32.2 Å². The number of aryl methyl sites for hydroxylation is 1. The maximum absolute atomic E-state index is 12.2. The van der Waals surface area contributed by atoms with E-state index in [0.29, 0.717) is 5.56 Å². The molecule has 29 heavy (non-hydrogen) atoms. The Balaban J connectivity index is 2.02. The summed E-state index contributed by atoms with van der Waals surface area (Å²) in [7, 11) is 1.20. The Hall–Kier alpha value is -3.75. The van der Waals surface area contributed by atoms with Crippen molar-refractivity contribution in [2.75, 3.05) is 13.7 Å². The summed E-state index contributed by atoms with van der Waals surface area (Å²) in [6.45, 7) is 0.790. The summed E-state index contributed by atoms with van der Waals surface area (Å²) in [4.78, 5) is 46.8. The van der Waals surface area contributed by atoms with Gasteiger partial charge in [-0.3, -0.25) is 14.9 Å². The number of rotatable bonds is 8. The first kappa shape index (κ1) is 21.5. The molecule has 0 bridgehead atoms. The molecule has 0 aromatic heterocycles. The first-order chi connectivity index (χ1) is 13.8. The van der Waals surface area contributed by atoms with Gasteiger partial charge in [0, 0.05) is 12.0 Å². The molecule has 2 rings (SSSR count). The molecular formula is C20H20N2O7. The van der Waals surface area contributed by atoms with E-state index in [0.717, 1.165) is 5.56 Å². The first-order valence-electron chi connectivity index (χ1n) is 8.65. The zero-order valence-electron chi connectivity index (χ0n) is 15.9. The Bertz CT molecular complexity index is 912. The monoisotopic (exact) mass is 400 g/mol. The number of carbonyl (C=O) groups excluding carboxylic acids is 3. The summed E-state index contributed by atoms with van der Waals surface area (Å²) in [6, 6.07) is 12.2. The maximum atomic E-state index is 12.2. The van der Waals surface area contributed by atoms with Gasteiger partial charge in [0.2, 0.25) is 0 Å². The van der Waals surface area contributed by atoms with Crippen LogP contribution in [0.2, 0.25) is 0 Å². The Morgan fingerprint density at radius 1 is 1.10 bits per heavy atom. The number of amides is 1. The van der Waals surface area contributed by atoms with Crippen molar-refractivity contribution in [2.45, 2.75) is 19.4 Å². The molecule has 1 amide bonds. The van der Waals surface area contributed by atoms with E-state index in [4.69, 9.17) is 9.47 Å². The van der Waals surface area contributed by atoms with E-state index in [1.54, 1.807) is 24.3 Å². The number of hydrogen-bond donors (Lipinski definition) is 1.